The van der Waals surface area contributed by atoms with E-state index in [2.05, 4.69) is 6.92 Å². The number of benzene rings is 1. The van der Waals surface area contributed by atoms with Crippen LogP contribution in [0.3, 0.4) is 0 Å². The number of alkyl halides is 1. The SMILES string of the molecule is CCCOc1ccc(CCl)c(OCC2CCOC2)c1. The molecule has 1 fully saturated rings. The second kappa shape index (κ2) is 7.61. The summed E-state index contributed by atoms with van der Waals surface area (Å²) in [6, 6.07) is 5.85. The average Bonchev–Trinajstić information content (AvgIpc) is 2.96. The van der Waals surface area contributed by atoms with Crippen molar-refractivity contribution in [3.05, 3.63) is 23.8 Å². The summed E-state index contributed by atoms with van der Waals surface area (Å²) in [4.78, 5) is 0. The fourth-order valence-electron chi connectivity index (χ4n) is 2.01. The lowest BCUT2D eigenvalue weighted by atomic mass is 10.1. The fraction of sp³-hybridized carbons (Fsp3) is 0.600. The zero-order valence-electron chi connectivity index (χ0n) is 11.4. The van der Waals surface area contributed by atoms with Crippen molar-refractivity contribution in [2.24, 2.45) is 5.92 Å². The molecule has 3 nitrogen and oxygen atoms in total. The van der Waals surface area contributed by atoms with Crippen molar-refractivity contribution in [3.8, 4) is 11.5 Å². The van der Waals surface area contributed by atoms with E-state index in [9.17, 15) is 0 Å². The van der Waals surface area contributed by atoms with Crippen LogP contribution in [-0.2, 0) is 10.6 Å². The minimum atomic E-state index is 0.449. The van der Waals surface area contributed by atoms with E-state index >= 15 is 0 Å². The first-order valence-corrected chi connectivity index (χ1v) is 7.39. The lowest BCUT2D eigenvalue weighted by molar-refractivity contribution is 0.166. The van der Waals surface area contributed by atoms with Gasteiger partial charge in [-0.25, -0.2) is 0 Å². The van der Waals surface area contributed by atoms with Crippen molar-refractivity contribution in [2.75, 3.05) is 26.4 Å². The van der Waals surface area contributed by atoms with Crippen LogP contribution in [0.2, 0.25) is 0 Å². The van der Waals surface area contributed by atoms with E-state index in [4.69, 9.17) is 25.8 Å². The van der Waals surface area contributed by atoms with Gasteiger partial charge in [-0.05, 0) is 18.9 Å². The van der Waals surface area contributed by atoms with Crippen molar-refractivity contribution >= 4 is 11.6 Å². The molecule has 1 aliphatic rings. The number of ether oxygens (including phenoxy) is 3. The smallest absolute Gasteiger partial charge is 0.127 e. The van der Waals surface area contributed by atoms with E-state index in [0.29, 0.717) is 18.4 Å². The van der Waals surface area contributed by atoms with Crippen LogP contribution in [0.4, 0.5) is 0 Å². The molecule has 1 unspecified atom stereocenters. The maximum atomic E-state index is 5.94. The monoisotopic (exact) mass is 284 g/mol. The Morgan fingerprint density at radius 2 is 2.26 bits per heavy atom. The van der Waals surface area contributed by atoms with Crippen molar-refractivity contribution in [3.63, 3.8) is 0 Å². The Morgan fingerprint density at radius 1 is 1.37 bits per heavy atom. The zero-order valence-corrected chi connectivity index (χ0v) is 12.1. The van der Waals surface area contributed by atoms with Gasteiger partial charge in [0.05, 0.1) is 25.7 Å². The van der Waals surface area contributed by atoms with Gasteiger partial charge in [0.2, 0.25) is 0 Å². The van der Waals surface area contributed by atoms with Crippen LogP contribution in [0, 0.1) is 5.92 Å². The molecule has 0 spiro atoms. The molecule has 106 valence electrons. The molecule has 1 aliphatic heterocycles. The molecule has 19 heavy (non-hydrogen) atoms. The second-order valence-corrected chi connectivity index (χ2v) is 5.06. The third-order valence-corrected chi connectivity index (χ3v) is 3.44. The molecule has 0 bridgehead atoms. The minimum absolute atomic E-state index is 0.449. The van der Waals surface area contributed by atoms with Gasteiger partial charge in [0.25, 0.3) is 0 Å². The lowest BCUT2D eigenvalue weighted by Gasteiger charge is -2.14. The van der Waals surface area contributed by atoms with E-state index in [1.165, 1.54) is 0 Å². The molecule has 1 heterocycles. The van der Waals surface area contributed by atoms with Gasteiger partial charge in [0.1, 0.15) is 11.5 Å². The van der Waals surface area contributed by atoms with Crippen LogP contribution in [-0.4, -0.2) is 26.4 Å². The van der Waals surface area contributed by atoms with Crippen molar-refractivity contribution in [1.29, 1.82) is 0 Å². The van der Waals surface area contributed by atoms with Gasteiger partial charge in [-0.15, -0.1) is 11.6 Å². The Kier molecular flexibility index (Phi) is 5.80. The van der Waals surface area contributed by atoms with Crippen LogP contribution in [0.25, 0.3) is 0 Å². The van der Waals surface area contributed by atoms with Gasteiger partial charge >= 0.3 is 0 Å². The largest absolute Gasteiger partial charge is 0.493 e. The highest BCUT2D eigenvalue weighted by Gasteiger charge is 2.17. The maximum Gasteiger partial charge on any atom is 0.127 e. The molecule has 0 aliphatic carbocycles. The van der Waals surface area contributed by atoms with Crippen molar-refractivity contribution in [1.82, 2.24) is 0 Å². The fourth-order valence-corrected chi connectivity index (χ4v) is 2.23. The molecule has 1 aromatic carbocycles. The van der Waals surface area contributed by atoms with Gasteiger partial charge < -0.3 is 14.2 Å². The highest BCUT2D eigenvalue weighted by molar-refractivity contribution is 6.17. The summed E-state index contributed by atoms with van der Waals surface area (Å²) in [5, 5.41) is 0. The molecule has 1 atom stereocenters. The molecule has 0 amide bonds. The van der Waals surface area contributed by atoms with Crippen LogP contribution >= 0.6 is 11.6 Å². The number of halogens is 1. The van der Waals surface area contributed by atoms with Gasteiger partial charge in [-0.2, -0.15) is 0 Å². The molecule has 0 radical (unpaired) electrons. The predicted octanol–water partition coefficient (Wildman–Crippen LogP) is 3.63. The van der Waals surface area contributed by atoms with Gasteiger partial charge in [-0.3, -0.25) is 0 Å². The third-order valence-electron chi connectivity index (χ3n) is 3.15. The first kappa shape index (κ1) is 14.5. The molecular formula is C15H21ClO3. The summed E-state index contributed by atoms with van der Waals surface area (Å²) in [6.07, 6.45) is 2.06. The van der Waals surface area contributed by atoms with E-state index < -0.39 is 0 Å². The van der Waals surface area contributed by atoms with Gasteiger partial charge in [0.15, 0.2) is 0 Å². The van der Waals surface area contributed by atoms with Crippen molar-refractivity contribution < 1.29 is 14.2 Å². The summed E-state index contributed by atoms with van der Waals surface area (Å²) in [5.74, 6) is 2.61. The molecule has 0 N–H and O–H groups in total. The Hall–Kier alpha value is -0.930. The van der Waals surface area contributed by atoms with Gasteiger partial charge in [0, 0.05) is 24.2 Å². The van der Waals surface area contributed by atoms with Crippen LogP contribution in [0.15, 0.2) is 18.2 Å². The number of hydrogen-bond acceptors (Lipinski definition) is 3. The summed E-state index contributed by atoms with van der Waals surface area (Å²) in [5.41, 5.74) is 1.00. The highest BCUT2D eigenvalue weighted by atomic mass is 35.5. The molecule has 1 saturated heterocycles. The summed E-state index contributed by atoms with van der Waals surface area (Å²) < 4.78 is 16.9. The molecule has 1 aromatic rings. The molecule has 0 saturated carbocycles. The number of rotatable bonds is 7. The summed E-state index contributed by atoms with van der Waals surface area (Å²) in [7, 11) is 0. The zero-order chi connectivity index (χ0) is 13.5. The van der Waals surface area contributed by atoms with Gasteiger partial charge in [-0.1, -0.05) is 13.0 Å². The molecule has 2 rings (SSSR count). The highest BCUT2D eigenvalue weighted by Crippen LogP contribution is 2.27. The molecule has 0 aromatic heterocycles. The van der Waals surface area contributed by atoms with E-state index in [1.807, 2.05) is 18.2 Å². The number of hydrogen-bond donors (Lipinski definition) is 0. The van der Waals surface area contributed by atoms with E-state index in [0.717, 1.165) is 49.7 Å². The maximum absolute atomic E-state index is 5.94. The second-order valence-electron chi connectivity index (χ2n) is 4.79. The predicted molar refractivity (Wildman–Crippen MR) is 76.2 cm³/mol. The Bertz CT molecular complexity index is 389. The van der Waals surface area contributed by atoms with E-state index in [1.54, 1.807) is 0 Å². The first-order valence-electron chi connectivity index (χ1n) is 6.85. The Labute approximate surface area is 119 Å². The quantitative estimate of drug-likeness (QED) is 0.716. The average molecular weight is 285 g/mol. The van der Waals surface area contributed by atoms with Crippen LogP contribution < -0.4 is 9.47 Å². The van der Waals surface area contributed by atoms with Crippen LogP contribution in [0.1, 0.15) is 25.3 Å². The standard InChI is InChI=1S/C15H21ClO3/c1-2-6-18-14-4-3-13(9-16)15(8-14)19-11-12-5-7-17-10-12/h3-4,8,12H,2,5-7,9-11H2,1H3. The Balaban J connectivity index is 1.98. The van der Waals surface area contributed by atoms with Crippen molar-refractivity contribution in [2.45, 2.75) is 25.6 Å². The lowest BCUT2D eigenvalue weighted by Crippen LogP contribution is -2.12. The van der Waals surface area contributed by atoms with E-state index in [-0.39, 0.29) is 0 Å². The molecule has 4 heteroatoms. The first-order chi connectivity index (χ1) is 9.33. The summed E-state index contributed by atoms with van der Waals surface area (Å²) >= 11 is 5.94. The third kappa shape index (κ3) is 4.29. The summed E-state index contributed by atoms with van der Waals surface area (Å²) in [6.45, 7) is 5.13. The molecular weight excluding hydrogens is 264 g/mol. The normalized spacial score (nSPS) is 18.5. The minimum Gasteiger partial charge on any atom is -0.493 e. The van der Waals surface area contributed by atoms with Crippen LogP contribution in [0.5, 0.6) is 11.5 Å². The topological polar surface area (TPSA) is 27.7 Å². The Morgan fingerprint density at radius 3 is 2.95 bits per heavy atom.